The predicted molar refractivity (Wildman–Crippen MR) is 144 cm³/mol. The zero-order valence-corrected chi connectivity index (χ0v) is 24.8. The molecule has 1 N–H and O–H groups in total. The number of nitrogens with one attached hydrogen (secondary N) is 1. The van der Waals surface area contributed by atoms with Crippen molar-refractivity contribution in [2.45, 2.75) is 92.9 Å². The van der Waals surface area contributed by atoms with Crippen molar-refractivity contribution in [1.29, 1.82) is 0 Å². The molecular weight excluding hydrogens is 496 g/mol. The molecule has 1 saturated heterocycles. The molecule has 0 aromatic carbocycles. The van der Waals surface area contributed by atoms with Crippen LogP contribution in [-0.2, 0) is 23.8 Å². The van der Waals surface area contributed by atoms with Crippen LogP contribution in [0.15, 0.2) is 0 Å². The third kappa shape index (κ3) is 10.4. The summed E-state index contributed by atoms with van der Waals surface area (Å²) in [6, 6.07) is 0. The summed E-state index contributed by atoms with van der Waals surface area (Å²) in [5.74, 6) is 0.0426. The van der Waals surface area contributed by atoms with Gasteiger partial charge in [0.25, 0.3) is 5.88 Å². The van der Waals surface area contributed by atoms with Crippen molar-refractivity contribution >= 4 is 29.5 Å². The molecule has 37 heavy (non-hydrogen) atoms. The standard InChI is InChI=1S/C26H46N4O6S/c1-10-25(6,7)17-26(8,9)23(32)35-18(2)22(31)36-19(15-27-24(3,4)5)16-34-21-20(28-37-29-21)30-11-13-33-14-12-30/h18-19,27H,10-17H2,1-9H3/t18-,19-/m0/s1. The van der Waals surface area contributed by atoms with Crippen molar-refractivity contribution in [2.24, 2.45) is 10.8 Å². The van der Waals surface area contributed by atoms with E-state index >= 15 is 0 Å². The monoisotopic (exact) mass is 542 g/mol. The van der Waals surface area contributed by atoms with Crippen molar-refractivity contribution in [3.63, 3.8) is 0 Å². The number of rotatable bonds is 13. The molecule has 1 aliphatic rings. The first kappa shape index (κ1) is 31.2. The largest absolute Gasteiger partial charge is 0.470 e. The van der Waals surface area contributed by atoms with Crippen LogP contribution in [0.25, 0.3) is 0 Å². The lowest BCUT2D eigenvalue weighted by Gasteiger charge is -2.33. The van der Waals surface area contributed by atoms with Crippen LogP contribution in [0.4, 0.5) is 5.82 Å². The first-order chi connectivity index (χ1) is 17.1. The topological polar surface area (TPSA) is 112 Å². The number of ether oxygens (including phenoxy) is 4. The van der Waals surface area contributed by atoms with E-state index in [9.17, 15) is 9.59 Å². The number of esters is 2. The molecule has 10 nitrogen and oxygen atoms in total. The molecule has 0 amide bonds. The molecule has 212 valence electrons. The van der Waals surface area contributed by atoms with Crippen molar-refractivity contribution in [1.82, 2.24) is 14.1 Å². The summed E-state index contributed by atoms with van der Waals surface area (Å²) in [4.78, 5) is 27.9. The number of aromatic nitrogens is 2. The lowest BCUT2D eigenvalue weighted by atomic mass is 9.74. The number of hydrogen-bond acceptors (Lipinski definition) is 11. The zero-order chi connectivity index (χ0) is 27.9. The van der Waals surface area contributed by atoms with E-state index in [0.717, 1.165) is 18.1 Å². The molecule has 0 unspecified atom stereocenters. The summed E-state index contributed by atoms with van der Waals surface area (Å²) in [7, 11) is 0. The molecule has 0 aliphatic carbocycles. The van der Waals surface area contributed by atoms with E-state index in [1.165, 1.54) is 6.92 Å². The minimum Gasteiger partial charge on any atom is -0.470 e. The van der Waals surface area contributed by atoms with E-state index in [1.54, 1.807) is 0 Å². The van der Waals surface area contributed by atoms with Gasteiger partial charge in [-0.05, 0) is 53.4 Å². The van der Waals surface area contributed by atoms with Crippen LogP contribution in [0.5, 0.6) is 5.88 Å². The van der Waals surface area contributed by atoms with Gasteiger partial charge in [-0.2, -0.15) is 4.37 Å². The first-order valence-corrected chi connectivity index (χ1v) is 13.8. The lowest BCUT2D eigenvalue weighted by Crippen LogP contribution is -2.45. The molecular formula is C26H46N4O6S. The number of anilines is 1. The Bertz CT molecular complexity index is 877. The van der Waals surface area contributed by atoms with Gasteiger partial charge in [0.05, 0.1) is 30.4 Å². The Morgan fingerprint density at radius 1 is 1.08 bits per heavy atom. The fourth-order valence-electron chi connectivity index (χ4n) is 3.98. The fourth-order valence-corrected chi connectivity index (χ4v) is 4.50. The molecule has 0 radical (unpaired) electrons. The van der Waals surface area contributed by atoms with Gasteiger partial charge in [-0.15, -0.1) is 4.37 Å². The summed E-state index contributed by atoms with van der Waals surface area (Å²) >= 11 is 1.07. The van der Waals surface area contributed by atoms with Crippen LogP contribution in [0.3, 0.4) is 0 Å². The maximum Gasteiger partial charge on any atom is 0.347 e. The van der Waals surface area contributed by atoms with Crippen LogP contribution >= 0.6 is 11.7 Å². The Hall–Kier alpha value is -1.98. The van der Waals surface area contributed by atoms with Gasteiger partial charge in [-0.25, -0.2) is 4.79 Å². The molecule has 1 fully saturated rings. The van der Waals surface area contributed by atoms with Gasteiger partial charge in [-0.1, -0.05) is 27.2 Å². The Labute approximate surface area is 226 Å². The van der Waals surface area contributed by atoms with Gasteiger partial charge in [0, 0.05) is 25.2 Å². The number of carbonyl (C=O) groups excluding carboxylic acids is 2. The average molecular weight is 543 g/mol. The highest BCUT2D eigenvalue weighted by Gasteiger charge is 2.37. The van der Waals surface area contributed by atoms with Crippen LogP contribution in [0, 0.1) is 10.8 Å². The van der Waals surface area contributed by atoms with E-state index in [-0.39, 0.29) is 17.6 Å². The SMILES string of the molecule is CCC(C)(C)CC(C)(C)C(=O)O[C@@H](C)C(=O)O[C@@H](CNC(C)(C)C)COc1nsnc1N1CCOCC1. The Morgan fingerprint density at radius 2 is 1.73 bits per heavy atom. The van der Waals surface area contributed by atoms with Crippen molar-refractivity contribution in [3.8, 4) is 5.88 Å². The third-order valence-electron chi connectivity index (χ3n) is 6.35. The van der Waals surface area contributed by atoms with Crippen LogP contribution < -0.4 is 15.0 Å². The number of morpholine rings is 1. The molecule has 0 spiro atoms. The molecule has 0 saturated carbocycles. The van der Waals surface area contributed by atoms with E-state index in [4.69, 9.17) is 18.9 Å². The maximum atomic E-state index is 12.9. The zero-order valence-electron chi connectivity index (χ0n) is 24.0. The summed E-state index contributed by atoms with van der Waals surface area (Å²) < 4.78 is 31.3. The Morgan fingerprint density at radius 3 is 2.32 bits per heavy atom. The quantitative estimate of drug-likeness (QED) is 0.369. The second-order valence-electron chi connectivity index (χ2n) is 12.1. The third-order valence-corrected chi connectivity index (χ3v) is 6.85. The first-order valence-electron chi connectivity index (χ1n) is 13.1. The molecule has 0 bridgehead atoms. The van der Waals surface area contributed by atoms with Crippen LogP contribution in [0.1, 0.15) is 75.2 Å². The van der Waals surface area contributed by atoms with Crippen molar-refractivity contribution in [2.75, 3.05) is 44.4 Å². The molecule has 2 atom stereocenters. The van der Waals surface area contributed by atoms with Crippen molar-refractivity contribution in [3.05, 3.63) is 0 Å². The Balaban J connectivity index is 2.01. The molecule has 1 aliphatic heterocycles. The average Bonchev–Trinajstić information content (AvgIpc) is 3.28. The van der Waals surface area contributed by atoms with Gasteiger partial charge in [-0.3, -0.25) is 4.79 Å². The predicted octanol–water partition coefficient (Wildman–Crippen LogP) is 3.84. The van der Waals surface area contributed by atoms with E-state index < -0.39 is 29.6 Å². The highest BCUT2D eigenvalue weighted by Crippen LogP contribution is 2.37. The lowest BCUT2D eigenvalue weighted by molar-refractivity contribution is -0.176. The maximum absolute atomic E-state index is 12.9. The fraction of sp³-hybridized carbons (Fsp3) is 0.846. The molecule has 1 aromatic rings. The van der Waals surface area contributed by atoms with Gasteiger partial charge in [0.2, 0.25) is 5.82 Å². The van der Waals surface area contributed by atoms with Gasteiger partial charge in [0.15, 0.2) is 6.10 Å². The minimum absolute atomic E-state index is 0.0159. The summed E-state index contributed by atoms with van der Waals surface area (Å²) in [6.07, 6.45) is -0.0838. The minimum atomic E-state index is -1.04. The van der Waals surface area contributed by atoms with Gasteiger partial charge < -0.3 is 29.2 Å². The number of hydrogen-bond donors (Lipinski definition) is 1. The number of nitrogens with zero attached hydrogens (tertiary/aromatic N) is 3. The highest BCUT2D eigenvalue weighted by molar-refractivity contribution is 6.99. The summed E-state index contributed by atoms with van der Waals surface area (Å²) in [5, 5.41) is 3.35. The smallest absolute Gasteiger partial charge is 0.347 e. The normalized spacial score (nSPS) is 16.7. The second kappa shape index (κ2) is 13.2. The number of carbonyl (C=O) groups is 2. The molecule has 2 heterocycles. The van der Waals surface area contributed by atoms with Crippen LogP contribution in [-0.4, -0.2) is 77.9 Å². The van der Waals surface area contributed by atoms with Crippen molar-refractivity contribution < 1.29 is 28.5 Å². The summed E-state index contributed by atoms with van der Waals surface area (Å²) in [6.45, 7) is 20.7. The second-order valence-corrected chi connectivity index (χ2v) is 12.6. The Kier molecular flexibility index (Phi) is 11.1. The molecule has 11 heteroatoms. The summed E-state index contributed by atoms with van der Waals surface area (Å²) in [5.41, 5.74) is -0.935. The van der Waals surface area contributed by atoms with Gasteiger partial charge >= 0.3 is 11.9 Å². The van der Waals surface area contributed by atoms with Crippen LogP contribution in [0.2, 0.25) is 0 Å². The van der Waals surface area contributed by atoms with E-state index in [0.29, 0.717) is 51.0 Å². The molecule has 1 aromatic heterocycles. The van der Waals surface area contributed by atoms with E-state index in [2.05, 4.69) is 39.7 Å². The van der Waals surface area contributed by atoms with E-state index in [1.807, 2.05) is 34.6 Å². The highest BCUT2D eigenvalue weighted by atomic mass is 32.1. The van der Waals surface area contributed by atoms with Gasteiger partial charge in [0.1, 0.15) is 12.7 Å². The molecule has 2 rings (SSSR count).